The second kappa shape index (κ2) is 8.12. The minimum Gasteiger partial charge on any atom is -0.396 e. The maximum Gasteiger partial charge on any atom is 0.230 e. The Morgan fingerprint density at radius 1 is 1.42 bits per heavy atom. The van der Waals surface area contributed by atoms with E-state index < -0.39 is 0 Å². The molecule has 0 aromatic heterocycles. The highest BCUT2D eigenvalue weighted by atomic mass is 32.2. The van der Waals surface area contributed by atoms with Crippen molar-refractivity contribution in [1.82, 2.24) is 10.6 Å². The lowest BCUT2D eigenvalue weighted by Gasteiger charge is -2.31. The van der Waals surface area contributed by atoms with E-state index in [2.05, 4.69) is 31.4 Å². The first-order valence-corrected chi connectivity index (χ1v) is 8.21. The highest BCUT2D eigenvalue weighted by Crippen LogP contribution is 2.23. The van der Waals surface area contributed by atoms with Crippen molar-refractivity contribution in [1.29, 1.82) is 0 Å². The molecule has 0 radical (unpaired) electrons. The van der Waals surface area contributed by atoms with Gasteiger partial charge in [0.2, 0.25) is 5.91 Å². The molecule has 0 aromatic carbocycles. The molecule has 1 fully saturated rings. The van der Waals surface area contributed by atoms with E-state index >= 15 is 0 Å². The van der Waals surface area contributed by atoms with Gasteiger partial charge in [0.25, 0.3) is 0 Å². The summed E-state index contributed by atoms with van der Waals surface area (Å²) in [5.74, 6) is 0.625. The monoisotopic (exact) mass is 288 g/mol. The molecule has 112 valence electrons. The maximum absolute atomic E-state index is 12.0. The number of amides is 1. The molecule has 1 saturated heterocycles. The SMILES string of the molecule is CC(C)(C)C(CCO)NC(=O)CSC1CCNCC1. The predicted molar refractivity (Wildman–Crippen MR) is 81.4 cm³/mol. The van der Waals surface area contributed by atoms with Gasteiger partial charge in [0.1, 0.15) is 0 Å². The average molecular weight is 288 g/mol. The quantitative estimate of drug-likeness (QED) is 0.691. The molecule has 0 aliphatic carbocycles. The molecule has 0 saturated carbocycles. The third kappa shape index (κ3) is 6.63. The Morgan fingerprint density at radius 2 is 2.05 bits per heavy atom. The molecule has 0 bridgehead atoms. The van der Waals surface area contributed by atoms with Crippen LogP contribution >= 0.6 is 11.8 Å². The van der Waals surface area contributed by atoms with Crippen LogP contribution in [0.1, 0.15) is 40.0 Å². The van der Waals surface area contributed by atoms with Crippen molar-refractivity contribution in [2.45, 2.75) is 51.3 Å². The molecule has 1 aliphatic heterocycles. The molecule has 1 atom stereocenters. The first-order valence-electron chi connectivity index (χ1n) is 7.16. The number of thioether (sulfide) groups is 1. The standard InChI is InChI=1S/C14H28N2O2S/c1-14(2,3)12(6-9-17)16-13(18)10-19-11-4-7-15-8-5-11/h11-12,15,17H,4-10H2,1-3H3,(H,16,18). The topological polar surface area (TPSA) is 61.4 Å². The summed E-state index contributed by atoms with van der Waals surface area (Å²) in [6.07, 6.45) is 2.92. The number of aliphatic hydroxyl groups is 1. The zero-order valence-corrected chi connectivity index (χ0v) is 13.2. The van der Waals surface area contributed by atoms with E-state index in [0.717, 1.165) is 25.9 Å². The first-order chi connectivity index (χ1) is 8.93. The Balaban J connectivity index is 2.31. The zero-order chi connectivity index (χ0) is 14.3. The average Bonchev–Trinajstić information content (AvgIpc) is 2.36. The van der Waals surface area contributed by atoms with Crippen LogP contribution < -0.4 is 10.6 Å². The fourth-order valence-electron chi connectivity index (χ4n) is 2.24. The molecular formula is C14H28N2O2S. The van der Waals surface area contributed by atoms with Crippen LogP contribution in [0.5, 0.6) is 0 Å². The molecule has 5 heteroatoms. The minimum absolute atomic E-state index is 0.0161. The Morgan fingerprint density at radius 3 is 2.58 bits per heavy atom. The van der Waals surface area contributed by atoms with E-state index in [1.54, 1.807) is 11.8 Å². The van der Waals surface area contributed by atoms with Gasteiger partial charge in [-0.2, -0.15) is 0 Å². The van der Waals surface area contributed by atoms with Crippen LogP contribution in [0, 0.1) is 5.41 Å². The van der Waals surface area contributed by atoms with E-state index in [1.165, 1.54) is 0 Å². The molecule has 0 spiro atoms. The van der Waals surface area contributed by atoms with Gasteiger partial charge in [-0.25, -0.2) is 0 Å². The summed E-state index contributed by atoms with van der Waals surface area (Å²) in [5.41, 5.74) is -0.0161. The van der Waals surface area contributed by atoms with Crippen LogP contribution in [-0.4, -0.2) is 47.8 Å². The van der Waals surface area contributed by atoms with Gasteiger partial charge in [-0.1, -0.05) is 20.8 Å². The van der Waals surface area contributed by atoms with Crippen molar-refractivity contribution < 1.29 is 9.90 Å². The van der Waals surface area contributed by atoms with Crippen LogP contribution in [-0.2, 0) is 4.79 Å². The number of nitrogens with one attached hydrogen (secondary N) is 2. The van der Waals surface area contributed by atoms with Gasteiger partial charge in [-0.05, 0) is 37.8 Å². The number of carbonyl (C=O) groups is 1. The second-order valence-electron chi connectivity index (χ2n) is 6.26. The van der Waals surface area contributed by atoms with E-state index in [1.807, 2.05) is 0 Å². The van der Waals surface area contributed by atoms with E-state index in [4.69, 9.17) is 5.11 Å². The third-order valence-electron chi connectivity index (χ3n) is 3.53. The molecule has 4 nitrogen and oxygen atoms in total. The smallest absolute Gasteiger partial charge is 0.230 e. The molecule has 0 aromatic rings. The van der Waals surface area contributed by atoms with Crippen molar-refractivity contribution in [3.63, 3.8) is 0 Å². The number of hydrogen-bond acceptors (Lipinski definition) is 4. The lowest BCUT2D eigenvalue weighted by atomic mass is 9.85. The highest BCUT2D eigenvalue weighted by molar-refractivity contribution is 8.00. The van der Waals surface area contributed by atoms with Crippen LogP contribution in [0.25, 0.3) is 0 Å². The molecule has 1 amide bonds. The van der Waals surface area contributed by atoms with Crippen molar-refractivity contribution in [2.75, 3.05) is 25.4 Å². The van der Waals surface area contributed by atoms with Crippen LogP contribution in [0.2, 0.25) is 0 Å². The summed E-state index contributed by atoms with van der Waals surface area (Å²) in [6.45, 7) is 8.52. The Hall–Kier alpha value is -0.260. The molecule has 1 aliphatic rings. The van der Waals surface area contributed by atoms with E-state index in [9.17, 15) is 4.79 Å². The summed E-state index contributed by atoms with van der Waals surface area (Å²) < 4.78 is 0. The Kier molecular flexibility index (Phi) is 7.18. The minimum atomic E-state index is -0.0161. The summed E-state index contributed by atoms with van der Waals surface area (Å²) in [5, 5.41) is 16.1. The predicted octanol–water partition coefficient (Wildman–Crippen LogP) is 1.38. The Bertz CT molecular complexity index is 273. The fourth-order valence-corrected chi connectivity index (χ4v) is 3.28. The van der Waals surface area contributed by atoms with Crippen molar-refractivity contribution in [3.8, 4) is 0 Å². The van der Waals surface area contributed by atoms with Crippen LogP contribution in [0.15, 0.2) is 0 Å². The largest absolute Gasteiger partial charge is 0.396 e. The fraction of sp³-hybridized carbons (Fsp3) is 0.929. The third-order valence-corrected chi connectivity index (χ3v) is 4.91. The van der Waals surface area contributed by atoms with E-state index in [-0.39, 0.29) is 24.0 Å². The number of rotatable bonds is 6. The molecule has 19 heavy (non-hydrogen) atoms. The van der Waals surface area contributed by atoms with Gasteiger partial charge in [0.05, 0.1) is 5.75 Å². The van der Waals surface area contributed by atoms with Gasteiger partial charge >= 0.3 is 0 Å². The molecular weight excluding hydrogens is 260 g/mol. The number of aliphatic hydroxyl groups excluding tert-OH is 1. The molecule has 3 N–H and O–H groups in total. The van der Waals surface area contributed by atoms with Gasteiger partial charge in [-0.15, -0.1) is 11.8 Å². The summed E-state index contributed by atoms with van der Waals surface area (Å²) >= 11 is 1.76. The van der Waals surface area contributed by atoms with Crippen molar-refractivity contribution in [3.05, 3.63) is 0 Å². The van der Waals surface area contributed by atoms with Gasteiger partial charge < -0.3 is 15.7 Å². The summed E-state index contributed by atoms with van der Waals surface area (Å²) in [7, 11) is 0. The summed E-state index contributed by atoms with van der Waals surface area (Å²) in [6, 6.07) is 0.0404. The number of hydrogen-bond donors (Lipinski definition) is 3. The second-order valence-corrected chi connectivity index (χ2v) is 7.55. The molecule has 1 rings (SSSR count). The number of carbonyl (C=O) groups excluding carboxylic acids is 1. The van der Waals surface area contributed by atoms with Crippen molar-refractivity contribution in [2.24, 2.45) is 5.41 Å². The van der Waals surface area contributed by atoms with Crippen molar-refractivity contribution >= 4 is 17.7 Å². The van der Waals surface area contributed by atoms with Crippen LogP contribution in [0.4, 0.5) is 0 Å². The normalized spacial score (nSPS) is 19.2. The Labute approximate surface area is 121 Å². The van der Waals surface area contributed by atoms with Crippen LogP contribution in [0.3, 0.4) is 0 Å². The van der Waals surface area contributed by atoms with Gasteiger partial charge in [0, 0.05) is 17.9 Å². The highest BCUT2D eigenvalue weighted by Gasteiger charge is 2.26. The molecule has 1 heterocycles. The number of piperidine rings is 1. The summed E-state index contributed by atoms with van der Waals surface area (Å²) in [4.78, 5) is 12.0. The molecule has 1 unspecified atom stereocenters. The lowest BCUT2D eigenvalue weighted by molar-refractivity contribution is -0.120. The maximum atomic E-state index is 12.0. The van der Waals surface area contributed by atoms with Gasteiger partial charge in [-0.3, -0.25) is 4.79 Å². The van der Waals surface area contributed by atoms with Gasteiger partial charge in [0.15, 0.2) is 0 Å². The first kappa shape index (κ1) is 16.8. The van der Waals surface area contributed by atoms with E-state index in [0.29, 0.717) is 17.4 Å². The lowest BCUT2D eigenvalue weighted by Crippen LogP contribution is -2.45. The zero-order valence-electron chi connectivity index (χ0n) is 12.4.